The normalized spacial score (nSPS) is 16.9. The summed E-state index contributed by atoms with van der Waals surface area (Å²) in [5.41, 5.74) is 0.830. The van der Waals surface area contributed by atoms with E-state index in [1.807, 2.05) is 36.4 Å². The minimum Gasteiger partial charge on any atom is -0.485 e. The first kappa shape index (κ1) is 15.9. The molecule has 2 aromatic carbocycles. The summed E-state index contributed by atoms with van der Waals surface area (Å²) in [5.74, 6) is -0.559. The van der Waals surface area contributed by atoms with Gasteiger partial charge in [-0.2, -0.15) is 0 Å². The first-order valence-electron chi connectivity index (χ1n) is 7.59. The fourth-order valence-corrected chi connectivity index (χ4v) is 2.46. The highest BCUT2D eigenvalue weighted by Crippen LogP contribution is 2.30. The highest BCUT2D eigenvalue weighted by Gasteiger charge is 2.30. The number of aliphatic carboxylic acids is 1. The quantitative estimate of drug-likeness (QED) is 0.872. The van der Waals surface area contributed by atoms with Gasteiger partial charge in [0.1, 0.15) is 12.6 Å². The molecular weight excluding hydrogens is 310 g/mol. The molecule has 3 rings (SSSR count). The monoisotopic (exact) mass is 327 g/mol. The Morgan fingerprint density at radius 3 is 2.46 bits per heavy atom. The highest BCUT2D eigenvalue weighted by atomic mass is 16.6. The van der Waals surface area contributed by atoms with Crippen molar-refractivity contribution in [3.8, 4) is 11.5 Å². The van der Waals surface area contributed by atoms with Crippen LogP contribution in [0.3, 0.4) is 0 Å². The van der Waals surface area contributed by atoms with Crippen molar-refractivity contribution >= 4 is 11.9 Å². The predicted octanol–water partition coefficient (Wildman–Crippen LogP) is 1.64. The molecule has 0 fully saturated rings. The Morgan fingerprint density at radius 2 is 1.75 bits per heavy atom. The van der Waals surface area contributed by atoms with Crippen molar-refractivity contribution in [2.24, 2.45) is 0 Å². The molecule has 0 aliphatic carbocycles. The number of carbonyl (C=O) groups is 2. The molecule has 2 atom stereocenters. The van der Waals surface area contributed by atoms with Crippen LogP contribution in [0.5, 0.6) is 11.5 Å². The maximum atomic E-state index is 12.3. The van der Waals surface area contributed by atoms with Gasteiger partial charge in [-0.25, -0.2) is 4.79 Å². The summed E-state index contributed by atoms with van der Waals surface area (Å²) in [6.07, 6.45) is -0.677. The van der Waals surface area contributed by atoms with Crippen LogP contribution in [0.4, 0.5) is 0 Å². The number of hydrogen-bond acceptors (Lipinski definition) is 4. The number of rotatable bonds is 5. The second-order valence-corrected chi connectivity index (χ2v) is 5.45. The Balaban J connectivity index is 1.65. The third kappa shape index (κ3) is 3.65. The van der Waals surface area contributed by atoms with Gasteiger partial charge >= 0.3 is 5.97 Å². The SMILES string of the molecule is O=C(O)[C@H](Cc1ccccc1)NC(=O)[C@H]1COc2ccccc2O1. The number of fused-ring (bicyclic) bond motifs is 1. The van der Waals surface area contributed by atoms with E-state index in [0.717, 1.165) is 5.56 Å². The fraction of sp³-hybridized carbons (Fsp3) is 0.222. The average Bonchev–Trinajstić information content (AvgIpc) is 2.61. The fourth-order valence-electron chi connectivity index (χ4n) is 2.46. The van der Waals surface area contributed by atoms with Crippen LogP contribution in [0.1, 0.15) is 5.56 Å². The van der Waals surface area contributed by atoms with Gasteiger partial charge in [0.2, 0.25) is 6.10 Å². The van der Waals surface area contributed by atoms with Gasteiger partial charge in [0, 0.05) is 6.42 Å². The Hall–Kier alpha value is -3.02. The molecule has 0 saturated carbocycles. The van der Waals surface area contributed by atoms with Gasteiger partial charge in [-0.15, -0.1) is 0 Å². The lowest BCUT2D eigenvalue weighted by molar-refractivity contribution is -0.143. The first-order chi connectivity index (χ1) is 11.6. The Morgan fingerprint density at radius 1 is 1.08 bits per heavy atom. The third-order valence-corrected chi connectivity index (χ3v) is 3.70. The van der Waals surface area contributed by atoms with Crippen LogP contribution in [0.15, 0.2) is 54.6 Å². The van der Waals surface area contributed by atoms with E-state index in [-0.39, 0.29) is 13.0 Å². The van der Waals surface area contributed by atoms with Gasteiger partial charge in [-0.1, -0.05) is 42.5 Å². The number of para-hydroxylation sites is 2. The first-order valence-corrected chi connectivity index (χ1v) is 7.59. The van der Waals surface area contributed by atoms with Crippen molar-refractivity contribution < 1.29 is 24.2 Å². The molecule has 1 amide bonds. The Bertz CT molecular complexity index is 731. The molecule has 2 aromatic rings. The Kier molecular flexibility index (Phi) is 4.65. The van der Waals surface area contributed by atoms with Crippen LogP contribution < -0.4 is 14.8 Å². The molecule has 124 valence electrons. The molecule has 6 heteroatoms. The standard InChI is InChI=1S/C18H17NO5/c20-17(16-11-23-14-8-4-5-9-15(14)24-16)19-13(18(21)22)10-12-6-2-1-3-7-12/h1-9,13,16H,10-11H2,(H,19,20)(H,21,22)/t13-,16+/m0/s1. The van der Waals surface area contributed by atoms with Crippen molar-refractivity contribution in [3.05, 3.63) is 60.2 Å². The number of hydrogen-bond donors (Lipinski definition) is 2. The minimum atomic E-state index is -1.09. The zero-order valence-corrected chi connectivity index (χ0v) is 12.8. The molecule has 0 bridgehead atoms. The van der Waals surface area contributed by atoms with Crippen molar-refractivity contribution in [1.82, 2.24) is 5.32 Å². The molecule has 24 heavy (non-hydrogen) atoms. The lowest BCUT2D eigenvalue weighted by Gasteiger charge is -2.26. The van der Waals surface area contributed by atoms with Crippen molar-refractivity contribution in [3.63, 3.8) is 0 Å². The summed E-state index contributed by atoms with van der Waals surface area (Å²) in [6, 6.07) is 15.1. The second kappa shape index (κ2) is 7.04. The lowest BCUT2D eigenvalue weighted by atomic mass is 10.1. The summed E-state index contributed by atoms with van der Waals surface area (Å²) in [6.45, 7) is 0.0422. The van der Waals surface area contributed by atoms with Crippen molar-refractivity contribution in [2.45, 2.75) is 18.6 Å². The van der Waals surface area contributed by atoms with Crippen LogP contribution in [0.25, 0.3) is 0 Å². The zero-order chi connectivity index (χ0) is 16.9. The molecule has 6 nitrogen and oxygen atoms in total. The number of amides is 1. The summed E-state index contributed by atoms with van der Waals surface area (Å²) in [5, 5.41) is 11.9. The van der Waals surface area contributed by atoms with Crippen LogP contribution in [-0.2, 0) is 16.0 Å². The van der Waals surface area contributed by atoms with E-state index in [9.17, 15) is 14.7 Å². The van der Waals surface area contributed by atoms with Crippen LogP contribution in [0.2, 0.25) is 0 Å². The minimum absolute atomic E-state index is 0.0422. The van der Waals surface area contributed by atoms with E-state index < -0.39 is 24.0 Å². The number of carboxylic acids is 1. The molecule has 0 saturated heterocycles. The predicted molar refractivity (Wildman–Crippen MR) is 86.1 cm³/mol. The third-order valence-electron chi connectivity index (χ3n) is 3.70. The molecule has 0 aromatic heterocycles. The molecule has 1 aliphatic heterocycles. The number of benzene rings is 2. The molecule has 1 aliphatic rings. The zero-order valence-electron chi connectivity index (χ0n) is 12.8. The van der Waals surface area contributed by atoms with Crippen molar-refractivity contribution in [1.29, 1.82) is 0 Å². The van der Waals surface area contributed by atoms with Gasteiger partial charge < -0.3 is 19.9 Å². The lowest BCUT2D eigenvalue weighted by Crippen LogP contribution is -2.50. The van der Waals surface area contributed by atoms with E-state index in [1.54, 1.807) is 18.2 Å². The molecule has 0 spiro atoms. The Labute approximate surface area is 139 Å². The van der Waals surface area contributed by atoms with Gasteiger partial charge in [-0.05, 0) is 17.7 Å². The van der Waals surface area contributed by atoms with E-state index >= 15 is 0 Å². The number of ether oxygens (including phenoxy) is 2. The van der Waals surface area contributed by atoms with E-state index in [4.69, 9.17) is 9.47 Å². The van der Waals surface area contributed by atoms with Crippen LogP contribution in [0, 0.1) is 0 Å². The second-order valence-electron chi connectivity index (χ2n) is 5.45. The summed E-state index contributed by atoms with van der Waals surface area (Å²) >= 11 is 0. The topological polar surface area (TPSA) is 84.9 Å². The molecule has 0 radical (unpaired) electrons. The van der Waals surface area contributed by atoms with Crippen LogP contribution >= 0.6 is 0 Å². The summed E-state index contributed by atoms with van der Waals surface area (Å²) in [4.78, 5) is 23.8. The average molecular weight is 327 g/mol. The maximum absolute atomic E-state index is 12.3. The number of carbonyl (C=O) groups excluding carboxylic acids is 1. The summed E-state index contributed by atoms with van der Waals surface area (Å²) in [7, 11) is 0. The maximum Gasteiger partial charge on any atom is 0.326 e. The molecule has 2 N–H and O–H groups in total. The highest BCUT2D eigenvalue weighted by molar-refractivity contribution is 5.87. The smallest absolute Gasteiger partial charge is 0.326 e. The van der Waals surface area contributed by atoms with E-state index in [1.165, 1.54) is 0 Å². The molecule has 0 unspecified atom stereocenters. The molecule has 1 heterocycles. The van der Waals surface area contributed by atoms with E-state index in [0.29, 0.717) is 11.5 Å². The summed E-state index contributed by atoms with van der Waals surface area (Å²) < 4.78 is 11.1. The largest absolute Gasteiger partial charge is 0.485 e. The number of carboxylic acid groups (broad SMARTS) is 1. The van der Waals surface area contributed by atoms with Crippen LogP contribution in [-0.4, -0.2) is 35.7 Å². The van der Waals surface area contributed by atoms with Crippen molar-refractivity contribution in [2.75, 3.05) is 6.61 Å². The van der Waals surface area contributed by atoms with Gasteiger partial charge in [-0.3, -0.25) is 4.79 Å². The van der Waals surface area contributed by atoms with E-state index in [2.05, 4.69) is 5.32 Å². The van der Waals surface area contributed by atoms with Gasteiger partial charge in [0.05, 0.1) is 0 Å². The molecular formula is C18H17NO5. The van der Waals surface area contributed by atoms with Gasteiger partial charge in [0.15, 0.2) is 11.5 Å². The van der Waals surface area contributed by atoms with Gasteiger partial charge in [0.25, 0.3) is 5.91 Å². The number of nitrogens with one attached hydrogen (secondary N) is 1.